The minimum absolute atomic E-state index is 0.0729. The number of carboxylic acid groups (broad SMARTS) is 1. The molecule has 0 bridgehead atoms. The normalized spacial score (nSPS) is 13.4. The molecule has 1 aliphatic carbocycles. The second-order valence-corrected chi connectivity index (χ2v) is 9.03. The minimum atomic E-state index is -1.25. The Balaban J connectivity index is 1.73. The molecule has 2 aromatic carbocycles. The maximum absolute atomic E-state index is 13.1. The molecular formula is C26H30N2O5. The van der Waals surface area contributed by atoms with Gasteiger partial charge in [-0.2, -0.15) is 0 Å². The monoisotopic (exact) mass is 450 g/mol. The van der Waals surface area contributed by atoms with Crippen molar-refractivity contribution in [1.82, 2.24) is 10.2 Å². The molecule has 0 radical (unpaired) electrons. The van der Waals surface area contributed by atoms with Crippen molar-refractivity contribution in [2.75, 3.05) is 13.2 Å². The molecule has 2 N–H and O–H groups in total. The molecule has 7 heteroatoms. The predicted molar refractivity (Wildman–Crippen MR) is 126 cm³/mol. The van der Waals surface area contributed by atoms with Gasteiger partial charge in [-0.15, -0.1) is 6.58 Å². The van der Waals surface area contributed by atoms with Crippen LogP contribution in [-0.2, 0) is 14.3 Å². The van der Waals surface area contributed by atoms with Gasteiger partial charge < -0.3 is 20.1 Å². The van der Waals surface area contributed by atoms with E-state index in [1.54, 1.807) is 6.08 Å². The largest absolute Gasteiger partial charge is 0.481 e. The van der Waals surface area contributed by atoms with E-state index in [2.05, 4.69) is 11.9 Å². The van der Waals surface area contributed by atoms with E-state index in [-0.39, 0.29) is 19.1 Å². The van der Waals surface area contributed by atoms with Crippen LogP contribution in [0.25, 0.3) is 11.1 Å². The molecule has 1 unspecified atom stereocenters. The fourth-order valence-electron chi connectivity index (χ4n) is 4.17. The van der Waals surface area contributed by atoms with E-state index >= 15 is 0 Å². The maximum atomic E-state index is 13.1. The molecular weight excluding hydrogens is 420 g/mol. The maximum Gasteiger partial charge on any atom is 0.407 e. The van der Waals surface area contributed by atoms with Gasteiger partial charge in [-0.3, -0.25) is 9.59 Å². The van der Waals surface area contributed by atoms with Crippen molar-refractivity contribution in [3.63, 3.8) is 0 Å². The van der Waals surface area contributed by atoms with Gasteiger partial charge in [0.2, 0.25) is 5.91 Å². The second-order valence-electron chi connectivity index (χ2n) is 9.03. The summed E-state index contributed by atoms with van der Waals surface area (Å²) < 4.78 is 5.49. The molecule has 1 aliphatic rings. The highest BCUT2D eigenvalue weighted by atomic mass is 16.5. The van der Waals surface area contributed by atoms with Crippen molar-refractivity contribution in [3.8, 4) is 11.1 Å². The Labute approximate surface area is 194 Å². The van der Waals surface area contributed by atoms with Gasteiger partial charge in [-0.05, 0) is 43.0 Å². The standard InChI is InChI=1S/C26H30N2O5/c1-5-14-28(26(2,3)4)24(31)22(15-23(29)30)27-25(32)33-16-21-19-12-8-6-10-17(19)18-11-7-9-13-20(18)21/h5-13,21-22H,1,14-16H2,2-4H3,(H,27,32)(H,29,30). The number of fused-ring (bicyclic) bond motifs is 3. The van der Waals surface area contributed by atoms with Crippen molar-refractivity contribution < 1.29 is 24.2 Å². The molecule has 1 atom stereocenters. The molecule has 0 aromatic heterocycles. The van der Waals surface area contributed by atoms with Gasteiger partial charge in [0.15, 0.2) is 0 Å². The minimum Gasteiger partial charge on any atom is -0.481 e. The molecule has 0 aliphatic heterocycles. The van der Waals surface area contributed by atoms with Crippen LogP contribution in [0.5, 0.6) is 0 Å². The molecule has 0 saturated heterocycles. The molecule has 33 heavy (non-hydrogen) atoms. The number of nitrogens with zero attached hydrogens (tertiary/aromatic N) is 1. The fourth-order valence-corrected chi connectivity index (χ4v) is 4.17. The zero-order valence-corrected chi connectivity index (χ0v) is 19.2. The predicted octanol–water partition coefficient (Wildman–Crippen LogP) is 4.18. The van der Waals surface area contributed by atoms with Crippen molar-refractivity contribution in [1.29, 1.82) is 0 Å². The van der Waals surface area contributed by atoms with Crippen LogP contribution in [0, 0.1) is 0 Å². The zero-order chi connectivity index (χ0) is 24.2. The van der Waals surface area contributed by atoms with Crippen LogP contribution in [0.3, 0.4) is 0 Å². The number of carboxylic acids is 1. The smallest absolute Gasteiger partial charge is 0.407 e. The summed E-state index contributed by atoms with van der Waals surface area (Å²) in [6.07, 6.45) is 0.185. The number of rotatable bonds is 8. The van der Waals surface area contributed by atoms with Gasteiger partial charge in [-0.1, -0.05) is 54.6 Å². The van der Waals surface area contributed by atoms with E-state index in [1.807, 2.05) is 69.3 Å². The summed E-state index contributed by atoms with van der Waals surface area (Å²) in [5, 5.41) is 11.8. The van der Waals surface area contributed by atoms with Crippen LogP contribution in [0.4, 0.5) is 4.79 Å². The summed E-state index contributed by atoms with van der Waals surface area (Å²) in [4.78, 5) is 38.6. The number of alkyl carbamates (subject to hydrolysis) is 1. The summed E-state index contributed by atoms with van der Waals surface area (Å²) in [5.41, 5.74) is 3.76. The Morgan fingerprint density at radius 3 is 2.12 bits per heavy atom. The first-order valence-electron chi connectivity index (χ1n) is 10.9. The van der Waals surface area contributed by atoms with E-state index < -0.39 is 36.0 Å². The Kier molecular flexibility index (Phi) is 7.21. The summed E-state index contributed by atoms with van der Waals surface area (Å²) in [6, 6.07) is 14.7. The van der Waals surface area contributed by atoms with Crippen LogP contribution < -0.4 is 5.32 Å². The van der Waals surface area contributed by atoms with Gasteiger partial charge in [0.25, 0.3) is 0 Å². The molecule has 2 aromatic rings. The summed E-state index contributed by atoms with van der Waals surface area (Å²) >= 11 is 0. The van der Waals surface area contributed by atoms with Gasteiger partial charge in [0.05, 0.1) is 6.42 Å². The van der Waals surface area contributed by atoms with Crippen LogP contribution in [0.15, 0.2) is 61.2 Å². The van der Waals surface area contributed by atoms with Crippen LogP contribution in [-0.4, -0.2) is 52.7 Å². The molecule has 0 heterocycles. The first-order chi connectivity index (χ1) is 15.6. The number of aliphatic carboxylic acids is 1. The summed E-state index contributed by atoms with van der Waals surface area (Å²) in [7, 11) is 0. The summed E-state index contributed by atoms with van der Waals surface area (Å²) in [6.45, 7) is 9.46. The SMILES string of the molecule is C=CCN(C(=O)C(CC(=O)O)NC(=O)OCC1c2ccccc2-c2ccccc21)C(C)(C)C. The average Bonchev–Trinajstić information content (AvgIpc) is 3.08. The fraction of sp³-hybridized carbons (Fsp3) is 0.346. The summed E-state index contributed by atoms with van der Waals surface area (Å²) in [5.74, 6) is -1.83. The van der Waals surface area contributed by atoms with Crippen molar-refractivity contribution in [3.05, 3.63) is 72.3 Å². The molecule has 0 fully saturated rings. The number of carbonyl (C=O) groups is 3. The number of ether oxygens (including phenoxy) is 1. The second kappa shape index (κ2) is 9.90. The van der Waals surface area contributed by atoms with Crippen LogP contribution in [0.2, 0.25) is 0 Å². The number of nitrogens with one attached hydrogen (secondary N) is 1. The average molecular weight is 451 g/mol. The van der Waals surface area contributed by atoms with E-state index in [1.165, 1.54) is 4.90 Å². The number of hydrogen-bond donors (Lipinski definition) is 2. The first kappa shape index (κ1) is 24.0. The highest BCUT2D eigenvalue weighted by Gasteiger charge is 2.34. The highest BCUT2D eigenvalue weighted by molar-refractivity contribution is 5.90. The van der Waals surface area contributed by atoms with Crippen molar-refractivity contribution in [2.24, 2.45) is 0 Å². The van der Waals surface area contributed by atoms with Gasteiger partial charge in [0.1, 0.15) is 12.6 Å². The van der Waals surface area contributed by atoms with E-state index in [0.29, 0.717) is 0 Å². The van der Waals surface area contributed by atoms with E-state index in [4.69, 9.17) is 4.74 Å². The lowest BCUT2D eigenvalue weighted by Crippen LogP contribution is -2.55. The lowest BCUT2D eigenvalue weighted by atomic mass is 9.98. The first-order valence-corrected chi connectivity index (χ1v) is 10.9. The molecule has 2 amide bonds. The van der Waals surface area contributed by atoms with Crippen molar-refractivity contribution >= 4 is 18.0 Å². The Hall–Kier alpha value is -3.61. The highest BCUT2D eigenvalue weighted by Crippen LogP contribution is 2.44. The van der Waals surface area contributed by atoms with Gasteiger partial charge in [-0.25, -0.2) is 4.79 Å². The molecule has 7 nitrogen and oxygen atoms in total. The number of benzene rings is 2. The lowest BCUT2D eigenvalue weighted by molar-refractivity contribution is -0.144. The van der Waals surface area contributed by atoms with E-state index in [0.717, 1.165) is 22.3 Å². The Bertz CT molecular complexity index is 1010. The molecule has 0 saturated carbocycles. The van der Waals surface area contributed by atoms with E-state index in [9.17, 15) is 19.5 Å². The topological polar surface area (TPSA) is 95.9 Å². The quantitative estimate of drug-likeness (QED) is 0.588. The van der Waals surface area contributed by atoms with Crippen LogP contribution in [0.1, 0.15) is 44.2 Å². The third-order valence-electron chi connectivity index (χ3n) is 5.70. The lowest BCUT2D eigenvalue weighted by Gasteiger charge is -2.37. The third-order valence-corrected chi connectivity index (χ3v) is 5.70. The Morgan fingerprint density at radius 2 is 1.64 bits per heavy atom. The Morgan fingerprint density at radius 1 is 1.09 bits per heavy atom. The van der Waals surface area contributed by atoms with Crippen LogP contribution >= 0.6 is 0 Å². The number of hydrogen-bond acceptors (Lipinski definition) is 4. The molecule has 0 spiro atoms. The molecule has 3 rings (SSSR count). The third kappa shape index (κ3) is 5.42. The zero-order valence-electron chi connectivity index (χ0n) is 19.2. The molecule has 174 valence electrons. The van der Waals surface area contributed by atoms with Crippen molar-refractivity contribution in [2.45, 2.75) is 44.7 Å². The number of carbonyl (C=O) groups excluding carboxylic acids is 2. The number of amides is 2. The van der Waals surface area contributed by atoms with Gasteiger partial charge in [0, 0.05) is 18.0 Å². The van der Waals surface area contributed by atoms with Gasteiger partial charge >= 0.3 is 12.1 Å².